The summed E-state index contributed by atoms with van der Waals surface area (Å²) in [6.45, 7) is 0. The Kier molecular flexibility index (Phi) is 4.75. The first kappa shape index (κ1) is 16.3. The van der Waals surface area contributed by atoms with Crippen molar-refractivity contribution in [3.05, 3.63) is 84.1 Å². The summed E-state index contributed by atoms with van der Waals surface area (Å²) in [7, 11) is 0. The molecule has 0 saturated carbocycles. The number of carbonyl (C=O) groups is 2. The molecule has 0 unspecified atom stereocenters. The Morgan fingerprint density at radius 1 is 0.880 bits per heavy atom. The Morgan fingerprint density at radius 2 is 1.64 bits per heavy atom. The molecule has 0 spiro atoms. The van der Waals surface area contributed by atoms with Gasteiger partial charge in [0.2, 0.25) is 0 Å². The van der Waals surface area contributed by atoms with Crippen molar-refractivity contribution in [2.24, 2.45) is 0 Å². The normalized spacial score (nSPS) is 10.1. The summed E-state index contributed by atoms with van der Waals surface area (Å²) in [4.78, 5) is 32.0. The molecule has 0 saturated heterocycles. The van der Waals surface area contributed by atoms with Gasteiger partial charge in [-0.25, -0.2) is 9.37 Å². The van der Waals surface area contributed by atoms with Gasteiger partial charge in [-0.2, -0.15) is 0 Å². The molecule has 0 aliphatic heterocycles. The molecule has 0 aliphatic rings. The standard InChI is InChI=1S/C18H13FN4O2/c19-14-3-1-2-13(10-14)18(25)23-16-5-4-15(11-21-16)22-17(24)12-6-8-20-9-7-12/h1-11H,(H,22,24)(H,21,23,25). The third-order valence-corrected chi connectivity index (χ3v) is 3.29. The Morgan fingerprint density at radius 3 is 2.32 bits per heavy atom. The number of amides is 2. The molecule has 1 aromatic carbocycles. The third-order valence-electron chi connectivity index (χ3n) is 3.29. The molecule has 7 heteroatoms. The lowest BCUT2D eigenvalue weighted by Gasteiger charge is -2.07. The zero-order chi connectivity index (χ0) is 17.6. The van der Waals surface area contributed by atoms with Crippen LogP contribution in [0.25, 0.3) is 0 Å². The number of benzene rings is 1. The van der Waals surface area contributed by atoms with Gasteiger partial charge in [0.1, 0.15) is 11.6 Å². The third kappa shape index (κ3) is 4.23. The van der Waals surface area contributed by atoms with Gasteiger partial charge < -0.3 is 10.6 Å². The molecule has 0 atom stereocenters. The van der Waals surface area contributed by atoms with Crippen LogP contribution in [-0.4, -0.2) is 21.8 Å². The zero-order valence-corrected chi connectivity index (χ0v) is 12.9. The molecule has 6 nitrogen and oxygen atoms in total. The van der Waals surface area contributed by atoms with Gasteiger partial charge >= 0.3 is 0 Å². The number of carbonyl (C=O) groups excluding carboxylic acids is 2. The summed E-state index contributed by atoms with van der Waals surface area (Å²) in [5.74, 6) is -0.965. The summed E-state index contributed by atoms with van der Waals surface area (Å²) in [6.07, 6.45) is 4.47. The van der Waals surface area contributed by atoms with E-state index in [0.29, 0.717) is 11.3 Å². The molecule has 2 heterocycles. The highest BCUT2D eigenvalue weighted by Gasteiger charge is 2.09. The monoisotopic (exact) mass is 336 g/mol. The fraction of sp³-hybridized carbons (Fsp3) is 0. The minimum absolute atomic E-state index is 0.192. The molecule has 0 fully saturated rings. The number of nitrogens with zero attached hydrogens (tertiary/aromatic N) is 2. The fourth-order valence-corrected chi connectivity index (χ4v) is 2.07. The minimum atomic E-state index is -0.491. The van der Waals surface area contributed by atoms with Gasteiger partial charge in [0.15, 0.2) is 0 Å². The van der Waals surface area contributed by atoms with E-state index in [1.807, 2.05) is 0 Å². The second kappa shape index (κ2) is 7.31. The maximum atomic E-state index is 13.1. The van der Waals surface area contributed by atoms with Crippen LogP contribution >= 0.6 is 0 Å². The fourth-order valence-electron chi connectivity index (χ4n) is 2.07. The van der Waals surface area contributed by atoms with E-state index in [9.17, 15) is 14.0 Å². The quantitative estimate of drug-likeness (QED) is 0.767. The van der Waals surface area contributed by atoms with Crippen LogP contribution < -0.4 is 10.6 Å². The Hall–Kier alpha value is -3.61. The van der Waals surface area contributed by atoms with Gasteiger partial charge in [0.05, 0.1) is 11.9 Å². The van der Waals surface area contributed by atoms with E-state index in [1.54, 1.807) is 24.3 Å². The van der Waals surface area contributed by atoms with Crippen LogP contribution in [0.2, 0.25) is 0 Å². The lowest BCUT2D eigenvalue weighted by molar-refractivity contribution is 0.101. The highest BCUT2D eigenvalue weighted by Crippen LogP contribution is 2.13. The van der Waals surface area contributed by atoms with Crippen LogP contribution in [0.3, 0.4) is 0 Å². The number of halogens is 1. The number of pyridine rings is 2. The SMILES string of the molecule is O=C(Nc1ccc(NC(=O)c2cccc(F)c2)nc1)c1ccncc1. The molecule has 2 aromatic heterocycles. The summed E-state index contributed by atoms with van der Waals surface area (Å²) in [5, 5.41) is 5.25. The Bertz CT molecular complexity index is 898. The lowest BCUT2D eigenvalue weighted by atomic mass is 10.2. The van der Waals surface area contributed by atoms with Crippen LogP contribution in [0.4, 0.5) is 15.9 Å². The molecule has 3 aromatic rings. The van der Waals surface area contributed by atoms with Crippen molar-refractivity contribution in [2.75, 3.05) is 10.6 Å². The molecule has 2 N–H and O–H groups in total. The first-order valence-electron chi connectivity index (χ1n) is 7.36. The summed E-state index contributed by atoms with van der Waals surface area (Å²) in [5.41, 5.74) is 1.14. The summed E-state index contributed by atoms with van der Waals surface area (Å²) in [6, 6.07) is 11.7. The van der Waals surface area contributed by atoms with Gasteiger partial charge in [-0.05, 0) is 42.5 Å². The van der Waals surface area contributed by atoms with E-state index < -0.39 is 11.7 Å². The van der Waals surface area contributed by atoms with Gasteiger partial charge in [0, 0.05) is 23.5 Å². The van der Waals surface area contributed by atoms with E-state index in [2.05, 4.69) is 20.6 Å². The molecule has 2 amide bonds. The van der Waals surface area contributed by atoms with Crippen LogP contribution in [0.15, 0.2) is 67.1 Å². The first-order chi connectivity index (χ1) is 12.1. The van der Waals surface area contributed by atoms with Crippen LogP contribution in [0.5, 0.6) is 0 Å². The van der Waals surface area contributed by atoms with Crippen molar-refractivity contribution < 1.29 is 14.0 Å². The van der Waals surface area contributed by atoms with Gasteiger partial charge in [-0.3, -0.25) is 14.6 Å². The average molecular weight is 336 g/mol. The van der Waals surface area contributed by atoms with Crippen molar-refractivity contribution in [2.45, 2.75) is 0 Å². The number of aromatic nitrogens is 2. The van der Waals surface area contributed by atoms with Crippen LogP contribution in [0.1, 0.15) is 20.7 Å². The van der Waals surface area contributed by atoms with Gasteiger partial charge in [0.25, 0.3) is 11.8 Å². The first-order valence-corrected chi connectivity index (χ1v) is 7.36. The minimum Gasteiger partial charge on any atom is -0.321 e. The van der Waals surface area contributed by atoms with E-state index >= 15 is 0 Å². The van der Waals surface area contributed by atoms with Crippen molar-refractivity contribution >= 4 is 23.3 Å². The second-order valence-electron chi connectivity index (χ2n) is 5.09. The molecule has 0 radical (unpaired) electrons. The van der Waals surface area contributed by atoms with Gasteiger partial charge in [-0.15, -0.1) is 0 Å². The molecule has 0 bridgehead atoms. The largest absolute Gasteiger partial charge is 0.321 e. The van der Waals surface area contributed by atoms with E-state index in [-0.39, 0.29) is 17.3 Å². The van der Waals surface area contributed by atoms with Crippen LogP contribution in [0, 0.1) is 5.82 Å². The molecule has 124 valence electrons. The molecule has 3 rings (SSSR count). The van der Waals surface area contributed by atoms with Crippen molar-refractivity contribution in [1.82, 2.24) is 9.97 Å². The van der Waals surface area contributed by atoms with Crippen molar-refractivity contribution in [1.29, 1.82) is 0 Å². The summed E-state index contributed by atoms with van der Waals surface area (Å²) < 4.78 is 13.1. The number of hydrogen-bond donors (Lipinski definition) is 2. The lowest BCUT2D eigenvalue weighted by Crippen LogP contribution is -2.14. The number of hydrogen-bond acceptors (Lipinski definition) is 4. The average Bonchev–Trinajstić information content (AvgIpc) is 2.64. The molecule has 25 heavy (non-hydrogen) atoms. The predicted molar refractivity (Wildman–Crippen MR) is 90.8 cm³/mol. The highest BCUT2D eigenvalue weighted by molar-refractivity contribution is 6.05. The number of rotatable bonds is 4. The molecular formula is C18H13FN4O2. The highest BCUT2D eigenvalue weighted by atomic mass is 19.1. The Labute approximate surface area is 142 Å². The Balaban J connectivity index is 1.64. The van der Waals surface area contributed by atoms with Gasteiger partial charge in [-0.1, -0.05) is 6.07 Å². The van der Waals surface area contributed by atoms with E-state index in [4.69, 9.17) is 0 Å². The topological polar surface area (TPSA) is 84.0 Å². The van der Waals surface area contributed by atoms with Crippen LogP contribution in [-0.2, 0) is 0 Å². The maximum Gasteiger partial charge on any atom is 0.256 e. The molecule has 0 aliphatic carbocycles. The van der Waals surface area contributed by atoms with Crippen molar-refractivity contribution in [3.8, 4) is 0 Å². The number of anilines is 2. The maximum absolute atomic E-state index is 13.1. The number of nitrogens with one attached hydrogen (secondary N) is 2. The van der Waals surface area contributed by atoms with E-state index in [0.717, 1.165) is 6.07 Å². The van der Waals surface area contributed by atoms with Crippen molar-refractivity contribution in [3.63, 3.8) is 0 Å². The summed E-state index contributed by atoms with van der Waals surface area (Å²) >= 11 is 0. The smallest absolute Gasteiger partial charge is 0.256 e. The molecular weight excluding hydrogens is 323 g/mol. The predicted octanol–water partition coefficient (Wildman–Crippen LogP) is 3.12. The zero-order valence-electron chi connectivity index (χ0n) is 12.9. The second-order valence-corrected chi connectivity index (χ2v) is 5.09. The van der Waals surface area contributed by atoms with E-state index in [1.165, 1.54) is 36.8 Å².